The summed E-state index contributed by atoms with van der Waals surface area (Å²) in [5.74, 6) is 0.0975. The number of benzene rings is 1. The zero-order chi connectivity index (χ0) is 26.9. The summed E-state index contributed by atoms with van der Waals surface area (Å²) in [6.07, 6.45) is 1.20. The van der Waals surface area contributed by atoms with Crippen LogP contribution in [0, 0.1) is 5.41 Å². The van der Waals surface area contributed by atoms with E-state index in [4.69, 9.17) is 20.2 Å². The SMILES string of the molecule is CCOC(=O)NC(=N[C@@H](CC(C)(C)C)C(=O)NC1(N)CCN(Cc2ccccc2)CC1)N1CCOCC1. The molecule has 10 nitrogen and oxygen atoms in total. The number of guanidine groups is 1. The average molecular weight is 517 g/mol. The molecule has 3 rings (SSSR count). The number of amides is 2. The Morgan fingerprint density at radius 3 is 2.38 bits per heavy atom. The zero-order valence-corrected chi connectivity index (χ0v) is 22.8. The minimum atomic E-state index is -0.802. The standard InChI is InChI=1S/C27H44N6O4/c1-5-37-25(35)30-24(33-15-17-36-18-16-33)29-22(19-26(2,3)4)23(34)31-27(28)11-13-32(14-12-27)20-21-9-7-6-8-10-21/h6-10,22H,5,11-20,28H2,1-4H3,(H,31,34)(H,29,30,35)/t22-/m0/s1. The summed E-state index contributed by atoms with van der Waals surface area (Å²) in [6.45, 7) is 12.8. The first-order chi connectivity index (χ1) is 17.6. The molecule has 2 heterocycles. The number of carbonyl (C=O) groups excluding carboxylic acids is 2. The van der Waals surface area contributed by atoms with Crippen LogP contribution in [0.1, 0.15) is 52.5 Å². The number of hydrogen-bond donors (Lipinski definition) is 3. The molecule has 1 aromatic rings. The molecule has 2 aliphatic heterocycles. The molecule has 2 amide bonds. The van der Waals surface area contributed by atoms with E-state index in [2.05, 4.69) is 48.4 Å². The molecule has 0 unspecified atom stereocenters. The van der Waals surface area contributed by atoms with Crippen molar-refractivity contribution in [2.24, 2.45) is 16.1 Å². The second-order valence-corrected chi connectivity index (χ2v) is 11.1. The van der Waals surface area contributed by atoms with Crippen molar-refractivity contribution in [3.63, 3.8) is 0 Å². The molecule has 206 valence electrons. The van der Waals surface area contributed by atoms with Crippen molar-refractivity contribution in [3.8, 4) is 0 Å². The maximum atomic E-state index is 13.6. The Hall–Kier alpha value is -2.69. The van der Waals surface area contributed by atoms with Crippen LogP contribution in [-0.4, -0.2) is 85.5 Å². The van der Waals surface area contributed by atoms with Crippen molar-refractivity contribution >= 4 is 18.0 Å². The van der Waals surface area contributed by atoms with Gasteiger partial charge in [-0.05, 0) is 37.2 Å². The quantitative estimate of drug-likeness (QED) is 0.289. The molecule has 4 N–H and O–H groups in total. The lowest BCUT2D eigenvalue weighted by Gasteiger charge is -2.40. The van der Waals surface area contributed by atoms with Gasteiger partial charge in [0.1, 0.15) is 6.04 Å². The Labute approximate surface area is 220 Å². The van der Waals surface area contributed by atoms with Crippen LogP contribution in [0.3, 0.4) is 0 Å². The number of rotatable bonds is 7. The van der Waals surface area contributed by atoms with Gasteiger partial charge in [-0.3, -0.25) is 15.0 Å². The molecule has 2 saturated heterocycles. The van der Waals surface area contributed by atoms with Crippen molar-refractivity contribution in [1.82, 2.24) is 20.4 Å². The fraction of sp³-hybridized carbons (Fsp3) is 0.667. The van der Waals surface area contributed by atoms with Gasteiger partial charge in [-0.2, -0.15) is 0 Å². The Bertz CT molecular complexity index is 903. The normalized spacial score (nSPS) is 19.7. The lowest BCUT2D eigenvalue weighted by Crippen LogP contribution is -2.62. The van der Waals surface area contributed by atoms with Crippen molar-refractivity contribution in [2.45, 2.75) is 65.2 Å². The van der Waals surface area contributed by atoms with Crippen LogP contribution in [0.15, 0.2) is 35.3 Å². The third-order valence-electron chi connectivity index (χ3n) is 6.56. The molecule has 1 aromatic carbocycles. The summed E-state index contributed by atoms with van der Waals surface area (Å²) in [5, 5.41) is 5.85. The van der Waals surface area contributed by atoms with Gasteiger partial charge in [0.2, 0.25) is 11.9 Å². The molecule has 0 aromatic heterocycles. The lowest BCUT2D eigenvalue weighted by molar-refractivity contribution is -0.125. The van der Waals surface area contributed by atoms with Gasteiger partial charge < -0.3 is 25.4 Å². The molecular weight excluding hydrogens is 472 g/mol. The third kappa shape index (κ3) is 9.60. The van der Waals surface area contributed by atoms with Gasteiger partial charge in [-0.15, -0.1) is 0 Å². The van der Waals surface area contributed by atoms with E-state index in [1.54, 1.807) is 6.92 Å². The van der Waals surface area contributed by atoms with Gasteiger partial charge in [0.05, 0.1) is 25.5 Å². The number of ether oxygens (including phenoxy) is 2. The van der Waals surface area contributed by atoms with Crippen molar-refractivity contribution in [2.75, 3.05) is 46.0 Å². The predicted molar refractivity (Wildman–Crippen MR) is 144 cm³/mol. The maximum absolute atomic E-state index is 13.6. The van der Waals surface area contributed by atoms with E-state index in [9.17, 15) is 9.59 Å². The summed E-state index contributed by atoms with van der Waals surface area (Å²) in [7, 11) is 0. The first kappa shape index (κ1) is 28.9. The minimum absolute atomic E-state index is 0.174. The number of alkyl carbamates (subject to hydrolysis) is 1. The van der Waals surface area contributed by atoms with Crippen molar-refractivity contribution < 1.29 is 19.1 Å². The number of nitrogens with two attached hydrogens (primary N) is 1. The van der Waals surface area contributed by atoms with Gasteiger partial charge in [0, 0.05) is 32.7 Å². The summed E-state index contributed by atoms with van der Waals surface area (Å²) in [6, 6.07) is 9.63. The molecule has 2 aliphatic rings. The van der Waals surface area contributed by atoms with E-state index in [0.29, 0.717) is 51.5 Å². The van der Waals surface area contributed by atoms with Crippen LogP contribution < -0.4 is 16.4 Å². The average Bonchev–Trinajstić information content (AvgIpc) is 2.85. The maximum Gasteiger partial charge on any atom is 0.413 e. The largest absolute Gasteiger partial charge is 0.450 e. The van der Waals surface area contributed by atoms with Gasteiger partial charge in [-0.1, -0.05) is 51.1 Å². The predicted octanol–water partition coefficient (Wildman–Crippen LogP) is 2.29. The number of aliphatic imine (C=N–C) groups is 1. The van der Waals surface area contributed by atoms with Gasteiger partial charge >= 0.3 is 6.09 Å². The van der Waals surface area contributed by atoms with Crippen molar-refractivity contribution in [3.05, 3.63) is 35.9 Å². The molecule has 0 aliphatic carbocycles. The number of likely N-dealkylation sites (tertiary alicyclic amines) is 1. The van der Waals surface area contributed by atoms with E-state index in [-0.39, 0.29) is 17.9 Å². The Kier molecular flexibility index (Phi) is 10.3. The van der Waals surface area contributed by atoms with Crippen molar-refractivity contribution in [1.29, 1.82) is 0 Å². The highest BCUT2D eigenvalue weighted by Gasteiger charge is 2.36. The topological polar surface area (TPSA) is 122 Å². The van der Waals surface area contributed by atoms with Crippen LogP contribution in [0.25, 0.3) is 0 Å². The fourth-order valence-electron chi connectivity index (χ4n) is 4.56. The summed E-state index contributed by atoms with van der Waals surface area (Å²) in [5.41, 5.74) is 6.98. The highest BCUT2D eigenvalue weighted by Crippen LogP contribution is 2.25. The van der Waals surface area contributed by atoms with Gasteiger partial charge in [-0.25, -0.2) is 9.79 Å². The van der Waals surface area contributed by atoms with Crippen LogP contribution in [0.5, 0.6) is 0 Å². The Balaban J connectivity index is 1.71. The second kappa shape index (κ2) is 13.2. The summed E-state index contributed by atoms with van der Waals surface area (Å²) in [4.78, 5) is 34.9. The minimum Gasteiger partial charge on any atom is -0.450 e. The van der Waals surface area contributed by atoms with E-state index in [0.717, 1.165) is 19.6 Å². The van der Waals surface area contributed by atoms with Gasteiger partial charge in [0.15, 0.2) is 0 Å². The van der Waals surface area contributed by atoms with E-state index >= 15 is 0 Å². The lowest BCUT2D eigenvalue weighted by atomic mass is 9.87. The fourth-order valence-corrected chi connectivity index (χ4v) is 4.56. The number of piperidine rings is 1. The number of nitrogens with one attached hydrogen (secondary N) is 2. The molecular formula is C27H44N6O4. The first-order valence-corrected chi connectivity index (χ1v) is 13.3. The van der Waals surface area contributed by atoms with E-state index in [1.807, 2.05) is 23.1 Å². The molecule has 37 heavy (non-hydrogen) atoms. The highest BCUT2D eigenvalue weighted by molar-refractivity contribution is 5.96. The van der Waals surface area contributed by atoms with E-state index in [1.165, 1.54) is 5.56 Å². The Morgan fingerprint density at radius 1 is 1.14 bits per heavy atom. The monoisotopic (exact) mass is 516 g/mol. The molecule has 10 heteroatoms. The molecule has 2 fully saturated rings. The summed E-state index contributed by atoms with van der Waals surface area (Å²) >= 11 is 0. The number of morpholine rings is 1. The van der Waals surface area contributed by atoms with Crippen LogP contribution in [-0.2, 0) is 20.8 Å². The smallest absolute Gasteiger partial charge is 0.413 e. The molecule has 0 radical (unpaired) electrons. The Morgan fingerprint density at radius 2 is 1.78 bits per heavy atom. The first-order valence-electron chi connectivity index (χ1n) is 13.3. The number of nitrogens with zero attached hydrogens (tertiary/aromatic N) is 3. The van der Waals surface area contributed by atoms with Crippen LogP contribution >= 0.6 is 0 Å². The van der Waals surface area contributed by atoms with Gasteiger partial charge in [0.25, 0.3) is 0 Å². The zero-order valence-electron chi connectivity index (χ0n) is 22.8. The second-order valence-electron chi connectivity index (χ2n) is 11.1. The molecule has 1 atom stereocenters. The molecule has 0 spiro atoms. The molecule has 0 bridgehead atoms. The molecule has 0 saturated carbocycles. The van der Waals surface area contributed by atoms with E-state index < -0.39 is 17.8 Å². The number of carbonyl (C=O) groups is 2. The summed E-state index contributed by atoms with van der Waals surface area (Å²) < 4.78 is 10.5. The van der Waals surface area contributed by atoms with Crippen LogP contribution in [0.4, 0.5) is 4.79 Å². The highest BCUT2D eigenvalue weighted by atomic mass is 16.5. The van der Waals surface area contributed by atoms with Crippen LogP contribution in [0.2, 0.25) is 0 Å². The number of hydrogen-bond acceptors (Lipinski definition) is 7. The third-order valence-corrected chi connectivity index (χ3v) is 6.56.